The number of benzene rings is 1. The maximum absolute atomic E-state index is 12.8. The van der Waals surface area contributed by atoms with Gasteiger partial charge in [0.05, 0.1) is 0 Å². The summed E-state index contributed by atoms with van der Waals surface area (Å²) in [6.07, 6.45) is -0.147. The molecule has 2 unspecified atom stereocenters. The minimum Gasteiger partial charge on any atom is -0.446 e. The van der Waals surface area contributed by atoms with Crippen molar-refractivity contribution >= 4 is 12.0 Å². The van der Waals surface area contributed by atoms with E-state index in [0.29, 0.717) is 6.42 Å². The molecular formula is C19H26N2O5. The van der Waals surface area contributed by atoms with Crippen molar-refractivity contribution in [2.45, 2.75) is 46.6 Å². The molecule has 2 amide bonds. The van der Waals surface area contributed by atoms with Gasteiger partial charge in [-0.2, -0.15) is 0 Å². The second-order valence-electron chi connectivity index (χ2n) is 7.38. The molecule has 1 saturated heterocycles. The molecule has 0 radical (unpaired) electrons. The summed E-state index contributed by atoms with van der Waals surface area (Å²) in [6.45, 7) is 7.62. The third-order valence-electron chi connectivity index (χ3n) is 4.69. The summed E-state index contributed by atoms with van der Waals surface area (Å²) in [5, 5.41) is 10.9. The fourth-order valence-electron chi connectivity index (χ4n) is 3.71. The van der Waals surface area contributed by atoms with Crippen LogP contribution in [-0.4, -0.2) is 35.0 Å². The number of hydrogen-bond donors (Lipinski definition) is 0. The van der Waals surface area contributed by atoms with E-state index in [-0.39, 0.29) is 25.5 Å². The molecule has 1 aromatic rings. The van der Waals surface area contributed by atoms with Crippen molar-refractivity contribution < 1.29 is 19.2 Å². The molecule has 0 aliphatic carbocycles. The lowest BCUT2D eigenvalue weighted by atomic mass is 9.92. The van der Waals surface area contributed by atoms with Crippen molar-refractivity contribution in [3.8, 4) is 0 Å². The zero-order valence-electron chi connectivity index (χ0n) is 15.7. The van der Waals surface area contributed by atoms with Crippen molar-refractivity contribution in [1.29, 1.82) is 0 Å². The number of rotatable bonds is 7. The number of carbonyl (C=O) groups excluding carboxylic acids is 2. The molecule has 1 fully saturated rings. The van der Waals surface area contributed by atoms with Crippen molar-refractivity contribution in [3.05, 3.63) is 45.0 Å². The standard InChI is InChI=1S/C19H26N2O5/c1-12(2)8-15(10-20(24)25)9-17(22)21-16(11-26-19(21)23)18-13(3)6-5-7-14(18)4/h5-7,12,15-16H,8-11H2,1-4H3. The first-order chi connectivity index (χ1) is 12.2. The summed E-state index contributed by atoms with van der Waals surface area (Å²) in [6, 6.07) is 5.31. The van der Waals surface area contributed by atoms with Gasteiger partial charge < -0.3 is 4.74 Å². The third-order valence-corrected chi connectivity index (χ3v) is 4.69. The van der Waals surface area contributed by atoms with Crippen LogP contribution in [-0.2, 0) is 9.53 Å². The SMILES string of the molecule is Cc1cccc(C)c1C1COC(=O)N1C(=O)CC(CC(C)C)C[N+](=O)[O-]. The molecule has 0 N–H and O–H groups in total. The summed E-state index contributed by atoms with van der Waals surface area (Å²) < 4.78 is 5.14. The fourth-order valence-corrected chi connectivity index (χ4v) is 3.71. The van der Waals surface area contributed by atoms with Gasteiger partial charge in [-0.3, -0.25) is 14.9 Å². The number of amides is 2. The number of imide groups is 1. The monoisotopic (exact) mass is 362 g/mol. The molecular weight excluding hydrogens is 336 g/mol. The summed E-state index contributed by atoms with van der Waals surface area (Å²) in [7, 11) is 0. The molecule has 26 heavy (non-hydrogen) atoms. The lowest BCUT2D eigenvalue weighted by molar-refractivity contribution is -0.488. The molecule has 1 heterocycles. The van der Waals surface area contributed by atoms with E-state index >= 15 is 0 Å². The Kier molecular flexibility index (Phi) is 6.34. The number of nitro groups is 1. The van der Waals surface area contributed by atoms with Gasteiger partial charge in [0.25, 0.3) is 0 Å². The predicted molar refractivity (Wildman–Crippen MR) is 96.3 cm³/mol. The summed E-state index contributed by atoms with van der Waals surface area (Å²) in [5.74, 6) is -0.579. The lowest BCUT2D eigenvalue weighted by Gasteiger charge is -2.24. The Balaban J connectivity index is 2.24. The number of nitrogens with zero attached hydrogens (tertiary/aromatic N) is 2. The van der Waals surface area contributed by atoms with Gasteiger partial charge in [0, 0.05) is 17.3 Å². The zero-order valence-corrected chi connectivity index (χ0v) is 15.7. The van der Waals surface area contributed by atoms with E-state index in [9.17, 15) is 19.7 Å². The van der Waals surface area contributed by atoms with E-state index in [4.69, 9.17) is 4.74 Å². The number of carbonyl (C=O) groups is 2. The third kappa shape index (κ3) is 4.59. The van der Waals surface area contributed by atoms with E-state index in [1.165, 1.54) is 0 Å². The quantitative estimate of drug-likeness (QED) is 0.545. The van der Waals surface area contributed by atoms with Crippen LogP contribution in [0.2, 0.25) is 0 Å². The van der Waals surface area contributed by atoms with Gasteiger partial charge in [0.2, 0.25) is 12.5 Å². The number of hydrogen-bond acceptors (Lipinski definition) is 5. The largest absolute Gasteiger partial charge is 0.446 e. The molecule has 7 nitrogen and oxygen atoms in total. The Morgan fingerprint density at radius 2 is 1.96 bits per heavy atom. The molecule has 0 bridgehead atoms. The topological polar surface area (TPSA) is 89.8 Å². The molecule has 2 rings (SSSR count). The van der Waals surface area contributed by atoms with Gasteiger partial charge in [-0.25, -0.2) is 9.69 Å². The van der Waals surface area contributed by atoms with Gasteiger partial charge in [0.15, 0.2) is 0 Å². The van der Waals surface area contributed by atoms with Crippen LogP contribution in [0, 0.1) is 35.8 Å². The van der Waals surface area contributed by atoms with Crippen molar-refractivity contribution in [3.63, 3.8) is 0 Å². The fraction of sp³-hybridized carbons (Fsp3) is 0.579. The van der Waals surface area contributed by atoms with E-state index in [1.807, 2.05) is 45.9 Å². The lowest BCUT2D eigenvalue weighted by Crippen LogP contribution is -2.37. The summed E-state index contributed by atoms with van der Waals surface area (Å²) >= 11 is 0. The molecule has 7 heteroatoms. The maximum atomic E-state index is 12.8. The first-order valence-electron chi connectivity index (χ1n) is 8.87. The van der Waals surface area contributed by atoms with Gasteiger partial charge >= 0.3 is 6.09 Å². The predicted octanol–water partition coefficient (Wildman–Crippen LogP) is 3.65. The van der Waals surface area contributed by atoms with Crippen molar-refractivity contribution in [2.75, 3.05) is 13.2 Å². The number of cyclic esters (lactones) is 1. The Hall–Kier alpha value is -2.44. The van der Waals surface area contributed by atoms with E-state index in [0.717, 1.165) is 21.6 Å². The molecule has 0 spiro atoms. The highest BCUT2D eigenvalue weighted by atomic mass is 16.6. The highest BCUT2D eigenvalue weighted by Crippen LogP contribution is 2.33. The average molecular weight is 362 g/mol. The molecule has 1 aliphatic rings. The second kappa shape index (κ2) is 8.29. The first kappa shape index (κ1) is 19.9. The Morgan fingerprint density at radius 1 is 1.35 bits per heavy atom. The number of ether oxygens (including phenoxy) is 1. The smallest absolute Gasteiger partial charge is 0.417 e. The highest BCUT2D eigenvalue weighted by molar-refractivity contribution is 5.94. The van der Waals surface area contributed by atoms with Crippen molar-refractivity contribution in [1.82, 2.24) is 4.90 Å². The molecule has 1 aliphatic heterocycles. The van der Waals surface area contributed by atoms with Crippen LogP contribution >= 0.6 is 0 Å². The van der Waals surface area contributed by atoms with Gasteiger partial charge in [-0.05, 0) is 42.9 Å². The Labute approximate surface area is 153 Å². The minimum atomic E-state index is -0.674. The number of aryl methyl sites for hydroxylation is 2. The molecule has 0 saturated carbocycles. The highest BCUT2D eigenvalue weighted by Gasteiger charge is 2.41. The Bertz CT molecular complexity index is 681. The zero-order chi connectivity index (χ0) is 19.4. The molecule has 1 aromatic carbocycles. The van der Waals surface area contributed by atoms with E-state index in [1.54, 1.807) is 0 Å². The Morgan fingerprint density at radius 3 is 2.50 bits per heavy atom. The van der Waals surface area contributed by atoms with Crippen LogP contribution in [0.1, 0.15) is 49.4 Å². The van der Waals surface area contributed by atoms with Crippen LogP contribution in [0.25, 0.3) is 0 Å². The van der Waals surface area contributed by atoms with Gasteiger partial charge in [-0.15, -0.1) is 0 Å². The molecule has 2 atom stereocenters. The van der Waals surface area contributed by atoms with Crippen LogP contribution in [0.4, 0.5) is 4.79 Å². The average Bonchev–Trinajstić information content (AvgIpc) is 2.87. The summed E-state index contributed by atoms with van der Waals surface area (Å²) in [4.78, 5) is 36.7. The maximum Gasteiger partial charge on any atom is 0.417 e. The van der Waals surface area contributed by atoms with Crippen LogP contribution in [0.3, 0.4) is 0 Å². The van der Waals surface area contributed by atoms with Crippen LogP contribution in [0.15, 0.2) is 18.2 Å². The molecule has 0 aromatic heterocycles. The van der Waals surface area contributed by atoms with Crippen molar-refractivity contribution in [2.24, 2.45) is 11.8 Å². The van der Waals surface area contributed by atoms with Gasteiger partial charge in [-0.1, -0.05) is 32.0 Å². The van der Waals surface area contributed by atoms with Gasteiger partial charge in [0.1, 0.15) is 12.6 Å². The van der Waals surface area contributed by atoms with E-state index in [2.05, 4.69) is 0 Å². The van der Waals surface area contributed by atoms with E-state index < -0.39 is 28.9 Å². The van der Waals surface area contributed by atoms with Crippen LogP contribution < -0.4 is 0 Å². The normalized spacial score (nSPS) is 18.1. The van der Waals surface area contributed by atoms with Crippen LogP contribution in [0.5, 0.6) is 0 Å². The second-order valence-corrected chi connectivity index (χ2v) is 7.38. The first-order valence-corrected chi connectivity index (χ1v) is 8.87. The summed E-state index contributed by atoms with van der Waals surface area (Å²) in [5.41, 5.74) is 2.87. The molecule has 142 valence electrons. The minimum absolute atomic E-state index is 0.0321.